The van der Waals surface area contributed by atoms with Gasteiger partial charge in [0.1, 0.15) is 18.7 Å². The molecule has 2 rings (SSSR count). The second-order valence-electron chi connectivity index (χ2n) is 4.72. The van der Waals surface area contributed by atoms with Crippen LogP contribution in [0.4, 0.5) is 13.2 Å². The third-order valence-corrected chi connectivity index (χ3v) is 3.23. The highest BCUT2D eigenvalue weighted by Gasteiger charge is 2.37. The third-order valence-electron chi connectivity index (χ3n) is 3.23. The molecule has 1 aliphatic heterocycles. The molecule has 1 aliphatic rings. The first-order valence-electron chi connectivity index (χ1n) is 6.60. The number of carbonyl (C=O) groups excluding carboxylic acids is 1. The fraction of sp³-hybridized carbons (Fsp3) is 0.400. The minimum Gasteiger partial charge on any atom is -0.497 e. The van der Waals surface area contributed by atoms with Crippen molar-refractivity contribution in [1.29, 1.82) is 0 Å². The lowest BCUT2D eigenvalue weighted by Gasteiger charge is -2.25. The molecule has 8 heteroatoms. The fourth-order valence-corrected chi connectivity index (χ4v) is 2.16. The predicted octanol–water partition coefficient (Wildman–Crippen LogP) is 2.82. The van der Waals surface area contributed by atoms with Gasteiger partial charge in [0, 0.05) is 7.11 Å². The molecule has 1 heterocycles. The quantitative estimate of drug-likeness (QED) is 0.592. The molecule has 0 amide bonds. The average Bonchev–Trinajstić information content (AvgIpc) is 2.88. The number of hydrogen-bond donors (Lipinski definition) is 0. The van der Waals surface area contributed by atoms with Crippen molar-refractivity contribution in [2.24, 2.45) is 0 Å². The molecule has 0 saturated carbocycles. The van der Waals surface area contributed by atoms with Crippen molar-refractivity contribution >= 4 is 5.97 Å². The SMILES string of the molecule is COCOC(c1ccc(C(F)(F)F)cc1)C1OC(=O)C=C1OC. The number of esters is 1. The van der Waals surface area contributed by atoms with Gasteiger partial charge in [0.15, 0.2) is 6.10 Å². The lowest BCUT2D eigenvalue weighted by molar-refractivity contribution is -0.155. The first-order valence-corrected chi connectivity index (χ1v) is 6.60. The molecule has 2 atom stereocenters. The van der Waals surface area contributed by atoms with Gasteiger partial charge in [-0.3, -0.25) is 0 Å². The molecule has 0 fully saturated rings. The molecule has 0 bridgehead atoms. The minimum atomic E-state index is -4.43. The lowest BCUT2D eigenvalue weighted by Crippen LogP contribution is -2.26. The van der Waals surface area contributed by atoms with E-state index < -0.39 is 29.9 Å². The molecule has 0 aromatic heterocycles. The van der Waals surface area contributed by atoms with Crippen LogP contribution in [0.25, 0.3) is 0 Å². The summed E-state index contributed by atoms with van der Waals surface area (Å²) in [6.07, 6.45) is -5.01. The van der Waals surface area contributed by atoms with Crippen LogP contribution in [0, 0.1) is 0 Å². The standard InChI is InChI=1S/C15H15F3O5/c1-20-8-22-13(14-11(21-2)7-12(19)23-14)9-3-5-10(6-4-9)15(16,17)18/h3-7,13-14H,8H2,1-2H3. The van der Waals surface area contributed by atoms with Crippen LogP contribution in [0.3, 0.4) is 0 Å². The van der Waals surface area contributed by atoms with Crippen LogP contribution < -0.4 is 0 Å². The van der Waals surface area contributed by atoms with E-state index in [9.17, 15) is 18.0 Å². The molecule has 1 aromatic carbocycles. The van der Waals surface area contributed by atoms with Gasteiger partial charge in [-0.15, -0.1) is 0 Å². The Morgan fingerprint density at radius 3 is 2.39 bits per heavy atom. The highest BCUT2D eigenvalue weighted by Crippen LogP contribution is 2.34. The molecule has 0 radical (unpaired) electrons. The molecular weight excluding hydrogens is 317 g/mol. The zero-order valence-corrected chi connectivity index (χ0v) is 12.4. The molecule has 23 heavy (non-hydrogen) atoms. The van der Waals surface area contributed by atoms with Gasteiger partial charge in [0.2, 0.25) is 0 Å². The van der Waals surface area contributed by atoms with Crippen molar-refractivity contribution in [1.82, 2.24) is 0 Å². The van der Waals surface area contributed by atoms with Crippen molar-refractivity contribution in [2.45, 2.75) is 18.4 Å². The summed E-state index contributed by atoms with van der Waals surface area (Å²) < 4.78 is 58.4. The number of ether oxygens (including phenoxy) is 4. The maximum atomic E-state index is 12.6. The topological polar surface area (TPSA) is 54.0 Å². The van der Waals surface area contributed by atoms with Gasteiger partial charge in [-0.05, 0) is 17.7 Å². The van der Waals surface area contributed by atoms with Gasteiger partial charge in [0.05, 0.1) is 18.7 Å². The summed E-state index contributed by atoms with van der Waals surface area (Å²) >= 11 is 0. The summed E-state index contributed by atoms with van der Waals surface area (Å²) in [5.41, 5.74) is -0.379. The van der Waals surface area contributed by atoms with E-state index >= 15 is 0 Å². The zero-order valence-electron chi connectivity index (χ0n) is 12.4. The molecule has 0 N–H and O–H groups in total. The van der Waals surface area contributed by atoms with Crippen LogP contribution in [0.2, 0.25) is 0 Å². The highest BCUT2D eigenvalue weighted by atomic mass is 19.4. The second kappa shape index (κ2) is 7.01. The Kier molecular flexibility index (Phi) is 5.27. The van der Waals surface area contributed by atoms with Crippen LogP contribution in [-0.2, 0) is 29.9 Å². The van der Waals surface area contributed by atoms with E-state index in [0.29, 0.717) is 5.56 Å². The number of methoxy groups -OCH3 is 2. The van der Waals surface area contributed by atoms with E-state index in [1.54, 1.807) is 0 Å². The number of hydrogen-bond acceptors (Lipinski definition) is 5. The van der Waals surface area contributed by atoms with E-state index in [2.05, 4.69) is 0 Å². The summed E-state index contributed by atoms with van der Waals surface area (Å²) in [7, 11) is 2.76. The summed E-state index contributed by atoms with van der Waals surface area (Å²) in [6.45, 7) is -0.128. The average molecular weight is 332 g/mol. The molecule has 0 aliphatic carbocycles. The van der Waals surface area contributed by atoms with E-state index in [0.717, 1.165) is 18.2 Å². The van der Waals surface area contributed by atoms with Crippen molar-refractivity contribution in [3.63, 3.8) is 0 Å². The largest absolute Gasteiger partial charge is 0.497 e. The van der Waals surface area contributed by atoms with Gasteiger partial charge in [0.25, 0.3) is 0 Å². The number of alkyl halides is 3. The van der Waals surface area contributed by atoms with Crippen LogP contribution >= 0.6 is 0 Å². The third kappa shape index (κ3) is 4.02. The summed E-state index contributed by atoms with van der Waals surface area (Å²) in [4.78, 5) is 11.4. The highest BCUT2D eigenvalue weighted by molar-refractivity contribution is 5.85. The molecule has 126 valence electrons. The Hall–Kier alpha value is -2.06. The summed E-state index contributed by atoms with van der Waals surface area (Å²) in [6, 6.07) is 4.40. The minimum absolute atomic E-state index is 0.128. The Balaban J connectivity index is 2.28. The lowest BCUT2D eigenvalue weighted by atomic mass is 10.0. The van der Waals surface area contributed by atoms with Gasteiger partial charge < -0.3 is 18.9 Å². The Morgan fingerprint density at radius 2 is 1.87 bits per heavy atom. The summed E-state index contributed by atoms with van der Waals surface area (Å²) in [5, 5.41) is 0. The molecule has 1 aromatic rings. The number of rotatable bonds is 6. The fourth-order valence-electron chi connectivity index (χ4n) is 2.16. The van der Waals surface area contributed by atoms with Gasteiger partial charge >= 0.3 is 12.1 Å². The number of cyclic esters (lactones) is 1. The first-order chi connectivity index (χ1) is 10.9. The Labute approximate surface area is 130 Å². The molecule has 0 spiro atoms. The van der Waals surface area contributed by atoms with Crippen molar-refractivity contribution < 1.29 is 36.9 Å². The Bertz CT molecular complexity index is 580. The van der Waals surface area contributed by atoms with Crippen LogP contribution in [0.15, 0.2) is 36.1 Å². The monoisotopic (exact) mass is 332 g/mol. The van der Waals surface area contributed by atoms with E-state index in [-0.39, 0.29) is 12.6 Å². The number of benzene rings is 1. The number of carbonyl (C=O) groups is 1. The van der Waals surface area contributed by atoms with Crippen molar-refractivity contribution in [3.8, 4) is 0 Å². The van der Waals surface area contributed by atoms with Crippen LogP contribution in [0.1, 0.15) is 17.2 Å². The van der Waals surface area contributed by atoms with E-state index in [1.807, 2.05) is 0 Å². The first kappa shape index (κ1) is 17.3. The maximum Gasteiger partial charge on any atom is 0.416 e. The van der Waals surface area contributed by atoms with Gasteiger partial charge in [-0.25, -0.2) is 4.79 Å². The molecule has 5 nitrogen and oxygen atoms in total. The number of halogens is 3. The Morgan fingerprint density at radius 1 is 1.22 bits per heavy atom. The van der Waals surface area contributed by atoms with Crippen LogP contribution in [0.5, 0.6) is 0 Å². The van der Waals surface area contributed by atoms with Gasteiger partial charge in [-0.1, -0.05) is 12.1 Å². The molecular formula is C15H15F3O5. The van der Waals surface area contributed by atoms with E-state index in [1.165, 1.54) is 26.4 Å². The van der Waals surface area contributed by atoms with E-state index in [4.69, 9.17) is 18.9 Å². The predicted molar refractivity (Wildman–Crippen MR) is 72.1 cm³/mol. The smallest absolute Gasteiger partial charge is 0.416 e. The summed E-state index contributed by atoms with van der Waals surface area (Å²) in [5.74, 6) is -0.374. The van der Waals surface area contributed by atoms with Crippen molar-refractivity contribution in [3.05, 3.63) is 47.2 Å². The molecule has 2 unspecified atom stereocenters. The molecule has 0 saturated heterocycles. The zero-order chi connectivity index (χ0) is 17.0. The van der Waals surface area contributed by atoms with Crippen LogP contribution in [-0.4, -0.2) is 33.1 Å². The van der Waals surface area contributed by atoms with Gasteiger partial charge in [-0.2, -0.15) is 13.2 Å². The van der Waals surface area contributed by atoms with Crippen molar-refractivity contribution in [2.75, 3.05) is 21.0 Å². The normalized spacial score (nSPS) is 19.3. The maximum absolute atomic E-state index is 12.6. The second-order valence-corrected chi connectivity index (χ2v) is 4.72.